The van der Waals surface area contributed by atoms with Crippen LogP contribution in [0.4, 0.5) is 0 Å². The van der Waals surface area contributed by atoms with E-state index in [9.17, 15) is 43.2 Å². The summed E-state index contributed by atoms with van der Waals surface area (Å²) in [5.41, 5.74) is 13.0. The lowest BCUT2D eigenvalue weighted by Gasteiger charge is -2.28. The zero-order valence-corrected chi connectivity index (χ0v) is 41.6. The van der Waals surface area contributed by atoms with E-state index in [1.165, 1.54) is 19.4 Å². The van der Waals surface area contributed by atoms with E-state index < -0.39 is 95.5 Å². The Balaban J connectivity index is 1.51. The van der Waals surface area contributed by atoms with Gasteiger partial charge in [0.2, 0.25) is 53.2 Å². The first-order valence-corrected chi connectivity index (χ1v) is 24.7. The van der Waals surface area contributed by atoms with Gasteiger partial charge in [-0.25, -0.2) is 4.98 Å². The van der Waals surface area contributed by atoms with E-state index in [4.69, 9.17) is 16.9 Å². The Hall–Kier alpha value is -8.37. The number of nitrogens with two attached hydrogens (primary N) is 2. The number of hydrogen-bond acceptors (Lipinski definition) is 11. The second-order valence-corrected chi connectivity index (χ2v) is 18.2. The molecule has 23 heteroatoms. The highest BCUT2D eigenvalue weighted by Crippen LogP contribution is 2.17. The average Bonchev–Trinajstić information content (AvgIpc) is 3.89. The largest absolute Gasteiger partial charge is 0.370 e. The zero-order chi connectivity index (χ0) is 53.6. The highest BCUT2D eigenvalue weighted by molar-refractivity contribution is 5.98. The molecule has 9 amide bonds. The summed E-state index contributed by atoms with van der Waals surface area (Å²) in [5.74, 6) is -7.18. The van der Waals surface area contributed by atoms with Crippen LogP contribution in [0, 0.1) is 5.41 Å². The molecule has 23 nitrogen and oxygen atoms in total. The van der Waals surface area contributed by atoms with Gasteiger partial charge >= 0.3 is 0 Å². The average molecular weight is 1020 g/mol. The minimum atomic E-state index is -1.44. The molecule has 0 aliphatic carbocycles. The highest BCUT2D eigenvalue weighted by atomic mass is 16.2. The zero-order valence-electron chi connectivity index (χ0n) is 41.6. The first kappa shape index (κ1) is 56.5. The van der Waals surface area contributed by atoms with Gasteiger partial charge in [-0.15, -0.1) is 0 Å². The molecule has 1 saturated heterocycles. The number of fused-ring (bicyclic) bond motifs is 1. The third-order valence-electron chi connectivity index (χ3n) is 12.3. The van der Waals surface area contributed by atoms with E-state index in [0.717, 1.165) is 10.8 Å². The Labute approximate surface area is 428 Å². The van der Waals surface area contributed by atoms with Gasteiger partial charge in [0.15, 0.2) is 5.96 Å². The van der Waals surface area contributed by atoms with Crippen molar-refractivity contribution in [2.24, 2.45) is 11.5 Å². The Morgan fingerprint density at radius 3 is 2.11 bits per heavy atom. The van der Waals surface area contributed by atoms with E-state index in [2.05, 4.69) is 57.8 Å². The van der Waals surface area contributed by atoms with E-state index in [1.54, 1.807) is 36.4 Å². The minimum absolute atomic E-state index is 0.00231. The van der Waals surface area contributed by atoms with Crippen molar-refractivity contribution in [1.29, 1.82) is 5.41 Å². The molecule has 1 aliphatic rings. The molecule has 1 fully saturated rings. The van der Waals surface area contributed by atoms with Crippen molar-refractivity contribution in [2.45, 2.75) is 127 Å². The number of amides is 9. The maximum atomic E-state index is 14.6. The molecule has 3 aromatic carbocycles. The summed E-state index contributed by atoms with van der Waals surface area (Å²) in [4.78, 5) is 132. The number of carbonyl (C=O) groups excluding carboxylic acids is 9. The van der Waals surface area contributed by atoms with Crippen molar-refractivity contribution < 1.29 is 43.2 Å². The fourth-order valence-corrected chi connectivity index (χ4v) is 8.32. The van der Waals surface area contributed by atoms with E-state index in [0.29, 0.717) is 29.7 Å². The molecular formula is C51H68N14O9. The maximum Gasteiger partial charge on any atom is 0.243 e. The van der Waals surface area contributed by atoms with Gasteiger partial charge in [0.25, 0.3) is 0 Å². The first-order valence-electron chi connectivity index (χ1n) is 24.7. The van der Waals surface area contributed by atoms with Crippen molar-refractivity contribution >= 4 is 69.9 Å². The van der Waals surface area contributed by atoms with Gasteiger partial charge in [-0.3, -0.25) is 48.6 Å². The Morgan fingerprint density at radius 2 is 1.43 bits per heavy atom. The van der Waals surface area contributed by atoms with Gasteiger partial charge in [-0.05, 0) is 54.0 Å². The molecule has 7 atom stereocenters. The molecule has 396 valence electrons. The highest BCUT2D eigenvalue weighted by Gasteiger charge is 2.35. The van der Waals surface area contributed by atoms with Crippen LogP contribution >= 0.6 is 0 Å². The van der Waals surface area contributed by atoms with Gasteiger partial charge in [-0.2, -0.15) is 0 Å². The second-order valence-electron chi connectivity index (χ2n) is 18.2. The van der Waals surface area contributed by atoms with Crippen molar-refractivity contribution in [1.82, 2.24) is 57.8 Å². The number of hydrogen-bond donors (Lipinski definition) is 13. The number of primary amides is 1. The Kier molecular flexibility index (Phi) is 21.9. The summed E-state index contributed by atoms with van der Waals surface area (Å²) in [6, 6.07) is 12.5. The molecule has 2 heterocycles. The number of aromatic nitrogens is 2. The molecule has 74 heavy (non-hydrogen) atoms. The van der Waals surface area contributed by atoms with E-state index in [-0.39, 0.29) is 76.8 Å². The SMILES string of the molecule is CCCCC(NC(C)=O)C(=O)N[C@H]1CCC(=O)NCC[C@@H](C(=O)N[C@@H](Cc2ccc3ccccc3c2)C(N)=O)NC(=O)[C@H](CCCNC(=N)N)NC(=O)[C@@H](Cc2ccccc2)NC(=O)[C@H](Cc2c[nH]cn2)NC1=O. The predicted molar refractivity (Wildman–Crippen MR) is 274 cm³/mol. The van der Waals surface area contributed by atoms with Gasteiger partial charge < -0.3 is 64.3 Å². The lowest BCUT2D eigenvalue weighted by molar-refractivity contribution is -0.135. The lowest BCUT2D eigenvalue weighted by atomic mass is 10.0. The van der Waals surface area contributed by atoms with E-state index >= 15 is 0 Å². The van der Waals surface area contributed by atoms with Crippen LogP contribution in [0.2, 0.25) is 0 Å². The molecular weight excluding hydrogens is 953 g/mol. The number of imidazole rings is 1. The third kappa shape index (κ3) is 18.3. The number of unbranched alkanes of at least 4 members (excludes halogenated alkanes) is 1. The molecule has 0 bridgehead atoms. The molecule has 1 aliphatic heterocycles. The van der Waals surface area contributed by atoms with Crippen LogP contribution in [0.1, 0.15) is 82.0 Å². The topological polar surface area (TPSA) is 366 Å². The number of nitrogens with zero attached hydrogens (tertiary/aromatic N) is 1. The molecule has 0 radical (unpaired) electrons. The predicted octanol–water partition coefficient (Wildman–Crippen LogP) is -0.757. The number of nitrogens with one attached hydrogen (secondary N) is 11. The van der Waals surface area contributed by atoms with Crippen LogP contribution in [0.15, 0.2) is 85.3 Å². The number of guanidine groups is 1. The quantitative estimate of drug-likeness (QED) is 0.0313. The van der Waals surface area contributed by atoms with Crippen molar-refractivity contribution in [3.8, 4) is 0 Å². The van der Waals surface area contributed by atoms with Crippen molar-refractivity contribution in [3.63, 3.8) is 0 Å². The van der Waals surface area contributed by atoms with Crippen molar-refractivity contribution in [2.75, 3.05) is 13.1 Å². The summed E-state index contributed by atoms with van der Waals surface area (Å²) in [7, 11) is 0. The fraction of sp³-hybridized carbons (Fsp3) is 0.431. The molecule has 0 saturated carbocycles. The van der Waals surface area contributed by atoms with Gasteiger partial charge in [0, 0.05) is 51.9 Å². The smallest absolute Gasteiger partial charge is 0.243 e. The molecule has 15 N–H and O–H groups in total. The van der Waals surface area contributed by atoms with E-state index in [1.807, 2.05) is 43.3 Å². The van der Waals surface area contributed by atoms with Crippen LogP contribution < -0.4 is 59.3 Å². The molecule has 0 spiro atoms. The number of H-pyrrole nitrogens is 1. The lowest BCUT2D eigenvalue weighted by Crippen LogP contribution is -2.60. The Bertz CT molecular complexity index is 2600. The summed E-state index contributed by atoms with van der Waals surface area (Å²) in [6.07, 6.45) is 3.32. The maximum absolute atomic E-state index is 14.6. The number of aromatic amines is 1. The van der Waals surface area contributed by atoms with Gasteiger partial charge in [0.05, 0.1) is 12.0 Å². The molecule has 4 aromatic rings. The summed E-state index contributed by atoms with van der Waals surface area (Å²) in [6.45, 7) is 3.05. The second kappa shape index (κ2) is 28.6. The number of rotatable bonds is 19. The normalized spacial score (nSPS) is 20.0. The monoisotopic (exact) mass is 1020 g/mol. The Morgan fingerprint density at radius 1 is 0.757 bits per heavy atom. The molecule has 5 rings (SSSR count). The van der Waals surface area contributed by atoms with Crippen LogP contribution in [0.25, 0.3) is 10.8 Å². The number of carbonyl (C=O) groups is 9. The summed E-state index contributed by atoms with van der Waals surface area (Å²) < 4.78 is 0. The fourth-order valence-electron chi connectivity index (χ4n) is 8.32. The first-order chi connectivity index (χ1) is 35.5. The van der Waals surface area contributed by atoms with Gasteiger partial charge in [-0.1, -0.05) is 92.6 Å². The summed E-state index contributed by atoms with van der Waals surface area (Å²) >= 11 is 0. The van der Waals surface area contributed by atoms with Gasteiger partial charge in [0.1, 0.15) is 42.3 Å². The molecule has 1 unspecified atom stereocenters. The minimum Gasteiger partial charge on any atom is -0.370 e. The van der Waals surface area contributed by atoms with Crippen molar-refractivity contribution in [3.05, 3.63) is 102 Å². The standard InChI is InChI=1S/C51H68N14O9/c1-3-4-15-36(59-30(2)66)45(69)61-38-19-20-43(67)56-23-21-39(48(72)63-40(44(52)68)26-32-17-18-33-13-8-9-14-34(33)24-32)62-46(70)37(16-10-22-57-51(53)54)60-49(73)41(25-31-11-6-5-7-12-31)64-50(74)42(65-47(38)71)27-35-28-55-29-58-35/h5-9,11-14,17-18,24,28-29,36-42H,3-4,10,15-16,19-23,25-27H2,1-2H3,(H2,52,68)(H,55,58)(H,56,67)(H,59,66)(H,60,73)(H,61,69)(H,62,70)(H,63,72)(H,64,74)(H,65,71)(H4,53,54,57)/t36?,37-,38-,39-,40-,41+,42-/m0/s1. The third-order valence-corrected chi connectivity index (χ3v) is 12.3. The van der Waals surface area contributed by atoms with Crippen LogP contribution in [-0.4, -0.2) is 124 Å². The van der Waals surface area contributed by atoms with Crippen LogP contribution in [0.3, 0.4) is 0 Å². The molecule has 1 aromatic heterocycles. The van der Waals surface area contributed by atoms with Crippen LogP contribution in [-0.2, 0) is 62.4 Å². The number of benzene rings is 3. The summed E-state index contributed by atoms with van der Waals surface area (Å²) in [5, 5.41) is 33.6. The van der Waals surface area contributed by atoms with Crippen LogP contribution in [0.5, 0.6) is 0 Å².